The van der Waals surface area contributed by atoms with Crippen molar-refractivity contribution in [3.05, 3.63) is 38.8 Å². The summed E-state index contributed by atoms with van der Waals surface area (Å²) in [6, 6.07) is 3.80. The molecule has 0 unspecified atom stereocenters. The smallest absolute Gasteiger partial charge is 0.128 e. The lowest BCUT2D eigenvalue weighted by Gasteiger charge is -2.13. The first-order valence-corrected chi connectivity index (χ1v) is 5.99. The van der Waals surface area contributed by atoms with E-state index in [0.717, 1.165) is 25.8 Å². The Labute approximate surface area is 106 Å². The summed E-state index contributed by atoms with van der Waals surface area (Å²) in [5.41, 5.74) is 1.76. The Morgan fingerprint density at radius 1 is 1.53 bits per heavy atom. The zero-order valence-corrected chi connectivity index (χ0v) is 11.6. The molecule has 15 heavy (non-hydrogen) atoms. The van der Waals surface area contributed by atoms with Crippen molar-refractivity contribution in [1.82, 2.24) is 0 Å². The van der Waals surface area contributed by atoms with Gasteiger partial charge < -0.3 is 9.84 Å². The van der Waals surface area contributed by atoms with Crippen molar-refractivity contribution >= 4 is 31.9 Å². The fourth-order valence-electron chi connectivity index (χ4n) is 1.27. The first-order valence-electron chi connectivity index (χ1n) is 4.40. The van der Waals surface area contributed by atoms with Crippen molar-refractivity contribution in [3.8, 4) is 5.75 Å². The van der Waals surface area contributed by atoms with Gasteiger partial charge in [-0.25, -0.2) is 0 Å². The SMILES string of the molecule is C=C(Br)COc1c(C)cc(Br)cc1CO. The Morgan fingerprint density at radius 2 is 2.20 bits per heavy atom. The average molecular weight is 336 g/mol. The molecule has 4 heteroatoms. The summed E-state index contributed by atoms with van der Waals surface area (Å²) in [6.07, 6.45) is 0. The second-order valence-electron chi connectivity index (χ2n) is 3.17. The highest BCUT2D eigenvalue weighted by atomic mass is 79.9. The van der Waals surface area contributed by atoms with Crippen LogP contribution in [0.5, 0.6) is 5.75 Å². The topological polar surface area (TPSA) is 29.5 Å². The Bertz CT molecular complexity index is 375. The van der Waals surface area contributed by atoms with E-state index in [1.807, 2.05) is 19.1 Å². The predicted octanol–water partition coefficient (Wildman–Crippen LogP) is 3.54. The standard InChI is InChI=1S/C11H12Br2O2/c1-7-3-10(13)4-9(5-14)11(7)15-6-8(2)12/h3-4,14H,2,5-6H2,1H3. The van der Waals surface area contributed by atoms with Crippen LogP contribution in [-0.2, 0) is 6.61 Å². The van der Waals surface area contributed by atoms with Crippen molar-refractivity contribution in [2.24, 2.45) is 0 Å². The number of aliphatic hydroxyl groups is 1. The van der Waals surface area contributed by atoms with E-state index in [2.05, 4.69) is 38.4 Å². The Hall–Kier alpha value is -0.320. The van der Waals surface area contributed by atoms with Gasteiger partial charge >= 0.3 is 0 Å². The zero-order chi connectivity index (χ0) is 11.4. The molecule has 0 aliphatic heterocycles. The van der Waals surface area contributed by atoms with E-state index in [1.54, 1.807) is 0 Å². The molecule has 0 bridgehead atoms. The molecule has 0 aliphatic carbocycles. The summed E-state index contributed by atoms with van der Waals surface area (Å²) in [4.78, 5) is 0. The third-order valence-electron chi connectivity index (χ3n) is 1.86. The summed E-state index contributed by atoms with van der Waals surface area (Å²) in [5, 5.41) is 9.20. The van der Waals surface area contributed by atoms with E-state index < -0.39 is 0 Å². The fraction of sp³-hybridized carbons (Fsp3) is 0.273. The van der Waals surface area contributed by atoms with Gasteiger partial charge in [-0.05, 0) is 24.6 Å². The lowest BCUT2D eigenvalue weighted by Crippen LogP contribution is -2.01. The second-order valence-corrected chi connectivity index (χ2v) is 5.21. The maximum absolute atomic E-state index is 9.20. The molecule has 0 fully saturated rings. The molecule has 0 saturated carbocycles. The quantitative estimate of drug-likeness (QED) is 0.912. The summed E-state index contributed by atoms with van der Waals surface area (Å²) in [6.45, 7) is 5.99. The number of hydrogen-bond donors (Lipinski definition) is 1. The van der Waals surface area contributed by atoms with Crippen LogP contribution in [0.3, 0.4) is 0 Å². The van der Waals surface area contributed by atoms with Gasteiger partial charge in [0, 0.05) is 14.5 Å². The first-order chi connectivity index (χ1) is 7.04. The molecule has 2 nitrogen and oxygen atoms in total. The fourth-order valence-corrected chi connectivity index (χ4v) is 2.01. The van der Waals surface area contributed by atoms with Crippen LogP contribution in [0.4, 0.5) is 0 Å². The minimum absolute atomic E-state index is 0.0373. The van der Waals surface area contributed by atoms with E-state index in [1.165, 1.54) is 0 Å². The molecule has 0 amide bonds. The number of rotatable bonds is 4. The molecule has 0 spiro atoms. The second kappa shape index (κ2) is 5.68. The maximum atomic E-state index is 9.20. The van der Waals surface area contributed by atoms with Crippen LogP contribution in [0.1, 0.15) is 11.1 Å². The van der Waals surface area contributed by atoms with Crippen LogP contribution >= 0.6 is 31.9 Å². The van der Waals surface area contributed by atoms with Gasteiger partial charge in [0.2, 0.25) is 0 Å². The molecule has 0 aliphatic rings. The molecule has 82 valence electrons. The highest BCUT2D eigenvalue weighted by Gasteiger charge is 2.08. The number of ether oxygens (including phenoxy) is 1. The maximum Gasteiger partial charge on any atom is 0.128 e. The molecule has 1 aromatic rings. The molecule has 1 N–H and O–H groups in total. The van der Waals surface area contributed by atoms with Crippen LogP contribution in [0.15, 0.2) is 27.7 Å². The molecule has 0 aromatic heterocycles. The van der Waals surface area contributed by atoms with Gasteiger partial charge in [0.1, 0.15) is 12.4 Å². The average Bonchev–Trinajstić information content (AvgIpc) is 2.14. The molecule has 0 heterocycles. The molecule has 0 radical (unpaired) electrons. The van der Waals surface area contributed by atoms with Crippen LogP contribution in [0.25, 0.3) is 0 Å². The minimum atomic E-state index is -0.0373. The largest absolute Gasteiger partial charge is 0.488 e. The van der Waals surface area contributed by atoms with Crippen molar-refractivity contribution in [1.29, 1.82) is 0 Å². The number of aliphatic hydroxyl groups excluding tert-OH is 1. The Morgan fingerprint density at radius 3 is 2.73 bits per heavy atom. The summed E-state index contributed by atoms with van der Waals surface area (Å²) in [5.74, 6) is 0.723. The zero-order valence-electron chi connectivity index (χ0n) is 8.39. The van der Waals surface area contributed by atoms with Crippen molar-refractivity contribution in [2.75, 3.05) is 6.61 Å². The van der Waals surface area contributed by atoms with Crippen LogP contribution in [0.2, 0.25) is 0 Å². The van der Waals surface area contributed by atoms with E-state index in [9.17, 15) is 5.11 Å². The molecular formula is C11H12Br2O2. The number of aryl methyl sites for hydroxylation is 1. The number of benzene rings is 1. The van der Waals surface area contributed by atoms with E-state index in [-0.39, 0.29) is 6.61 Å². The van der Waals surface area contributed by atoms with Gasteiger partial charge in [-0.2, -0.15) is 0 Å². The first kappa shape index (κ1) is 12.7. The lowest BCUT2D eigenvalue weighted by molar-refractivity contribution is 0.269. The van der Waals surface area contributed by atoms with Crippen molar-refractivity contribution in [2.45, 2.75) is 13.5 Å². The van der Waals surface area contributed by atoms with Gasteiger partial charge in [0.25, 0.3) is 0 Å². The molecule has 1 rings (SSSR count). The lowest BCUT2D eigenvalue weighted by atomic mass is 10.1. The molecule has 0 atom stereocenters. The van der Waals surface area contributed by atoms with Crippen LogP contribution < -0.4 is 4.74 Å². The molecule has 0 saturated heterocycles. The molecular weight excluding hydrogens is 324 g/mol. The molecule has 1 aromatic carbocycles. The number of hydrogen-bond acceptors (Lipinski definition) is 2. The highest BCUT2D eigenvalue weighted by molar-refractivity contribution is 9.11. The summed E-state index contributed by atoms with van der Waals surface area (Å²) < 4.78 is 7.26. The van der Waals surface area contributed by atoms with Gasteiger partial charge in [0.05, 0.1) is 6.61 Å². The minimum Gasteiger partial charge on any atom is -0.488 e. The van der Waals surface area contributed by atoms with Crippen molar-refractivity contribution in [3.63, 3.8) is 0 Å². The van der Waals surface area contributed by atoms with Gasteiger partial charge in [-0.1, -0.05) is 38.4 Å². The van der Waals surface area contributed by atoms with E-state index >= 15 is 0 Å². The summed E-state index contributed by atoms with van der Waals surface area (Å²) in [7, 11) is 0. The Balaban J connectivity index is 2.98. The monoisotopic (exact) mass is 334 g/mol. The van der Waals surface area contributed by atoms with E-state index in [0.29, 0.717) is 6.61 Å². The summed E-state index contributed by atoms with van der Waals surface area (Å²) >= 11 is 6.60. The third kappa shape index (κ3) is 3.63. The van der Waals surface area contributed by atoms with Gasteiger partial charge in [-0.15, -0.1) is 0 Å². The van der Waals surface area contributed by atoms with Crippen LogP contribution in [-0.4, -0.2) is 11.7 Å². The van der Waals surface area contributed by atoms with Gasteiger partial charge in [0.15, 0.2) is 0 Å². The van der Waals surface area contributed by atoms with Crippen LogP contribution in [0, 0.1) is 6.92 Å². The Kier molecular flexibility index (Phi) is 4.83. The van der Waals surface area contributed by atoms with Gasteiger partial charge in [-0.3, -0.25) is 0 Å². The number of halogens is 2. The normalized spacial score (nSPS) is 10.1. The highest BCUT2D eigenvalue weighted by Crippen LogP contribution is 2.28. The van der Waals surface area contributed by atoms with E-state index in [4.69, 9.17) is 4.74 Å². The third-order valence-corrected chi connectivity index (χ3v) is 2.55. The van der Waals surface area contributed by atoms with Crippen molar-refractivity contribution < 1.29 is 9.84 Å². The predicted molar refractivity (Wildman–Crippen MR) is 68.4 cm³/mol.